The number of ether oxygens (including phenoxy) is 1. The number of aliphatic carboxylic acids is 1. The topological polar surface area (TPSA) is 72.5 Å². The minimum Gasteiger partial charge on any atom is -0.496 e. The highest BCUT2D eigenvalue weighted by Crippen LogP contribution is 2.29. The van der Waals surface area contributed by atoms with Gasteiger partial charge in [-0.15, -0.1) is 0 Å². The molecule has 0 saturated heterocycles. The predicted molar refractivity (Wildman–Crippen MR) is 69.1 cm³/mol. The van der Waals surface area contributed by atoms with Crippen LogP contribution in [0.3, 0.4) is 0 Å². The van der Waals surface area contributed by atoms with Crippen molar-refractivity contribution in [3.05, 3.63) is 28.2 Å². The summed E-state index contributed by atoms with van der Waals surface area (Å²) in [5.74, 6) is -0.0607. The minimum absolute atomic E-state index is 0.143. The SMILES string of the molecule is COc1ccc(Br)cc1C(N)CCCC(=O)O. The number of carbonyl (C=O) groups is 1. The van der Waals surface area contributed by atoms with Gasteiger partial charge in [-0.2, -0.15) is 0 Å². The zero-order valence-corrected chi connectivity index (χ0v) is 11.2. The van der Waals surface area contributed by atoms with Gasteiger partial charge >= 0.3 is 5.97 Å². The molecular formula is C12H16BrNO3. The first-order chi connectivity index (χ1) is 8.04. The van der Waals surface area contributed by atoms with Crippen molar-refractivity contribution in [3.63, 3.8) is 0 Å². The van der Waals surface area contributed by atoms with E-state index in [1.807, 2.05) is 18.2 Å². The van der Waals surface area contributed by atoms with Gasteiger partial charge in [0.05, 0.1) is 7.11 Å². The van der Waals surface area contributed by atoms with E-state index in [1.165, 1.54) is 0 Å². The zero-order chi connectivity index (χ0) is 12.8. The molecule has 1 atom stereocenters. The number of nitrogens with two attached hydrogens (primary N) is 1. The fourth-order valence-corrected chi connectivity index (χ4v) is 2.00. The highest BCUT2D eigenvalue weighted by Gasteiger charge is 2.12. The lowest BCUT2D eigenvalue weighted by Crippen LogP contribution is -2.12. The average molecular weight is 302 g/mol. The summed E-state index contributed by atoms with van der Waals surface area (Å²) in [5, 5.41) is 8.57. The molecule has 17 heavy (non-hydrogen) atoms. The number of carboxylic acids is 1. The van der Waals surface area contributed by atoms with Gasteiger partial charge in [0, 0.05) is 22.5 Å². The van der Waals surface area contributed by atoms with Crippen molar-refractivity contribution >= 4 is 21.9 Å². The first kappa shape index (κ1) is 14.0. The summed E-state index contributed by atoms with van der Waals surface area (Å²) in [5.41, 5.74) is 6.93. The second kappa shape index (κ2) is 6.61. The number of halogens is 1. The second-order valence-electron chi connectivity index (χ2n) is 3.78. The Kier molecular flexibility index (Phi) is 5.44. The summed E-state index contributed by atoms with van der Waals surface area (Å²) >= 11 is 3.38. The highest BCUT2D eigenvalue weighted by atomic mass is 79.9. The van der Waals surface area contributed by atoms with Crippen LogP contribution in [0, 0.1) is 0 Å². The smallest absolute Gasteiger partial charge is 0.303 e. The van der Waals surface area contributed by atoms with E-state index < -0.39 is 5.97 Å². The van der Waals surface area contributed by atoms with Gasteiger partial charge in [0.1, 0.15) is 5.75 Å². The van der Waals surface area contributed by atoms with Crippen LogP contribution < -0.4 is 10.5 Å². The van der Waals surface area contributed by atoms with Gasteiger partial charge in [-0.3, -0.25) is 4.79 Å². The Balaban J connectivity index is 2.69. The number of benzene rings is 1. The summed E-state index contributed by atoms with van der Waals surface area (Å²) in [6, 6.07) is 5.43. The summed E-state index contributed by atoms with van der Waals surface area (Å²) in [6.07, 6.45) is 1.33. The van der Waals surface area contributed by atoms with Gasteiger partial charge in [0.15, 0.2) is 0 Å². The largest absolute Gasteiger partial charge is 0.496 e. The third-order valence-electron chi connectivity index (χ3n) is 2.50. The normalized spacial score (nSPS) is 12.2. The summed E-state index contributed by atoms with van der Waals surface area (Å²) in [6.45, 7) is 0. The number of hydrogen-bond donors (Lipinski definition) is 2. The quantitative estimate of drug-likeness (QED) is 0.847. The molecule has 4 nitrogen and oxygen atoms in total. The van der Waals surface area contributed by atoms with E-state index in [0.29, 0.717) is 12.8 Å². The molecule has 94 valence electrons. The van der Waals surface area contributed by atoms with Crippen molar-refractivity contribution in [2.24, 2.45) is 5.73 Å². The van der Waals surface area contributed by atoms with Crippen LogP contribution in [0.25, 0.3) is 0 Å². The van der Waals surface area contributed by atoms with Gasteiger partial charge < -0.3 is 15.6 Å². The molecule has 0 aromatic heterocycles. The molecule has 5 heteroatoms. The predicted octanol–water partition coefficient (Wildman–Crippen LogP) is 2.71. The molecular weight excluding hydrogens is 286 g/mol. The van der Waals surface area contributed by atoms with E-state index >= 15 is 0 Å². The fraction of sp³-hybridized carbons (Fsp3) is 0.417. The van der Waals surface area contributed by atoms with Crippen LogP contribution in [0.2, 0.25) is 0 Å². The van der Waals surface area contributed by atoms with E-state index in [4.69, 9.17) is 15.6 Å². The Hall–Kier alpha value is -1.07. The van der Waals surface area contributed by atoms with Crippen molar-refractivity contribution in [3.8, 4) is 5.75 Å². The first-order valence-electron chi connectivity index (χ1n) is 5.35. The highest BCUT2D eigenvalue weighted by molar-refractivity contribution is 9.10. The van der Waals surface area contributed by atoms with Crippen molar-refractivity contribution in [1.82, 2.24) is 0 Å². The van der Waals surface area contributed by atoms with Gasteiger partial charge in [-0.1, -0.05) is 15.9 Å². The number of carboxylic acid groups (broad SMARTS) is 1. The zero-order valence-electron chi connectivity index (χ0n) is 9.65. The Morgan fingerprint density at radius 3 is 2.88 bits per heavy atom. The Morgan fingerprint density at radius 2 is 2.29 bits per heavy atom. The van der Waals surface area contributed by atoms with Gasteiger partial charge in [-0.05, 0) is 31.0 Å². The number of hydrogen-bond acceptors (Lipinski definition) is 3. The Bertz CT molecular complexity index is 395. The minimum atomic E-state index is -0.793. The summed E-state index contributed by atoms with van der Waals surface area (Å²) in [7, 11) is 1.59. The molecule has 0 bridgehead atoms. The fourth-order valence-electron chi connectivity index (χ4n) is 1.62. The van der Waals surface area contributed by atoms with E-state index in [0.717, 1.165) is 15.8 Å². The molecule has 0 heterocycles. The molecule has 0 saturated carbocycles. The molecule has 1 unspecified atom stereocenters. The maximum atomic E-state index is 10.4. The van der Waals surface area contributed by atoms with Crippen LogP contribution in [-0.4, -0.2) is 18.2 Å². The summed E-state index contributed by atoms with van der Waals surface area (Å²) in [4.78, 5) is 10.4. The molecule has 1 rings (SSSR count). The van der Waals surface area contributed by atoms with Crippen molar-refractivity contribution in [2.75, 3.05) is 7.11 Å². The Morgan fingerprint density at radius 1 is 1.59 bits per heavy atom. The molecule has 3 N–H and O–H groups in total. The molecule has 0 spiro atoms. The molecule has 0 fully saturated rings. The monoisotopic (exact) mass is 301 g/mol. The maximum absolute atomic E-state index is 10.4. The molecule has 1 aromatic carbocycles. The molecule has 0 amide bonds. The number of methoxy groups -OCH3 is 1. The van der Waals surface area contributed by atoms with Crippen molar-refractivity contribution < 1.29 is 14.6 Å². The molecule has 1 aromatic rings. The number of rotatable bonds is 6. The van der Waals surface area contributed by atoms with Gasteiger partial charge in [-0.25, -0.2) is 0 Å². The molecule has 0 aliphatic heterocycles. The summed E-state index contributed by atoms with van der Waals surface area (Å²) < 4.78 is 6.16. The second-order valence-corrected chi connectivity index (χ2v) is 4.69. The van der Waals surface area contributed by atoms with Crippen LogP contribution in [0.4, 0.5) is 0 Å². The van der Waals surface area contributed by atoms with Crippen LogP contribution >= 0.6 is 15.9 Å². The van der Waals surface area contributed by atoms with Crippen LogP contribution in [-0.2, 0) is 4.79 Å². The standard InChI is InChI=1S/C12H16BrNO3/c1-17-11-6-5-8(13)7-9(11)10(14)3-2-4-12(15)16/h5-7,10H,2-4,14H2,1H3,(H,15,16). The maximum Gasteiger partial charge on any atom is 0.303 e. The van der Waals surface area contributed by atoms with E-state index in [9.17, 15) is 4.79 Å². The van der Waals surface area contributed by atoms with Crippen LogP contribution in [0.1, 0.15) is 30.9 Å². The van der Waals surface area contributed by atoms with Crippen molar-refractivity contribution in [2.45, 2.75) is 25.3 Å². The Labute approximate surface area is 109 Å². The van der Waals surface area contributed by atoms with E-state index in [1.54, 1.807) is 7.11 Å². The lowest BCUT2D eigenvalue weighted by Gasteiger charge is -2.15. The van der Waals surface area contributed by atoms with E-state index in [2.05, 4.69) is 15.9 Å². The van der Waals surface area contributed by atoms with Gasteiger partial charge in [0.25, 0.3) is 0 Å². The third-order valence-corrected chi connectivity index (χ3v) is 2.99. The lowest BCUT2D eigenvalue weighted by atomic mass is 10.0. The molecule has 0 aliphatic carbocycles. The molecule has 0 aliphatic rings. The first-order valence-corrected chi connectivity index (χ1v) is 6.14. The van der Waals surface area contributed by atoms with Crippen LogP contribution in [0.5, 0.6) is 5.75 Å². The molecule has 0 radical (unpaired) electrons. The third kappa shape index (κ3) is 4.36. The average Bonchev–Trinajstić information content (AvgIpc) is 2.28. The van der Waals surface area contributed by atoms with E-state index in [-0.39, 0.29) is 12.5 Å². The van der Waals surface area contributed by atoms with Crippen molar-refractivity contribution in [1.29, 1.82) is 0 Å². The van der Waals surface area contributed by atoms with Gasteiger partial charge in [0.2, 0.25) is 0 Å². The lowest BCUT2D eigenvalue weighted by molar-refractivity contribution is -0.137. The van der Waals surface area contributed by atoms with Crippen LogP contribution in [0.15, 0.2) is 22.7 Å².